The Morgan fingerprint density at radius 3 is 2.29 bits per heavy atom. The molecule has 1 amide bonds. The first-order valence-electron chi connectivity index (χ1n) is 10.0. The summed E-state index contributed by atoms with van der Waals surface area (Å²) in [6.45, 7) is -0.216. The van der Waals surface area contributed by atoms with Gasteiger partial charge in [-0.05, 0) is 43.2 Å². The Hall–Kier alpha value is -1.93. The van der Waals surface area contributed by atoms with Gasteiger partial charge in [-0.2, -0.15) is 0 Å². The van der Waals surface area contributed by atoms with E-state index in [1.165, 1.54) is 23.1 Å². The molecule has 0 saturated heterocycles. The number of hydrogen-bond donors (Lipinski definition) is 0. The normalized spacial score (nSPS) is 14.9. The second-order valence-corrected chi connectivity index (χ2v) is 7.63. The van der Waals surface area contributed by atoms with Crippen LogP contribution in [0.2, 0.25) is 0 Å². The van der Waals surface area contributed by atoms with Gasteiger partial charge in [-0.3, -0.25) is 0 Å². The molecule has 0 unspecified atom stereocenters. The average molecular weight is 437 g/mol. The molecule has 1 aliphatic rings. The Morgan fingerprint density at radius 1 is 0.968 bits per heavy atom. The molecule has 8 heteroatoms. The zero-order chi connectivity index (χ0) is 21.4. The van der Waals surface area contributed by atoms with Crippen LogP contribution in [-0.2, 0) is 14.3 Å². The van der Waals surface area contributed by atoms with Gasteiger partial charge in [0.15, 0.2) is 0 Å². The van der Waals surface area contributed by atoms with E-state index in [0.29, 0.717) is 11.4 Å². The van der Waals surface area contributed by atoms with E-state index in [0.717, 1.165) is 32.1 Å². The molecule has 3 rings (SSSR count). The fraction of sp³-hybridized carbons (Fsp3) is 0.391. The van der Waals surface area contributed by atoms with Crippen molar-refractivity contribution < 1.29 is 58.1 Å². The molecule has 0 N–H and O–H groups in total. The zero-order valence-electron chi connectivity index (χ0n) is 17.7. The number of carboxylic acid groups (broad SMARTS) is 1. The molecule has 0 aromatic heterocycles. The van der Waals surface area contributed by atoms with Crippen LogP contribution in [0.1, 0.15) is 32.1 Å². The van der Waals surface area contributed by atoms with Gasteiger partial charge >= 0.3 is 35.7 Å². The summed E-state index contributed by atoms with van der Waals surface area (Å²) in [4.78, 5) is 25.1. The van der Waals surface area contributed by atoms with E-state index in [4.69, 9.17) is 9.47 Å². The molecule has 0 atom stereocenters. The van der Waals surface area contributed by atoms with Crippen LogP contribution in [0, 0.1) is 11.2 Å². The smallest absolute Gasteiger partial charge is 0.548 e. The molecule has 1 fully saturated rings. The van der Waals surface area contributed by atoms with Crippen LogP contribution in [0.25, 0.3) is 0 Å². The number of rotatable bonds is 8. The van der Waals surface area contributed by atoms with Crippen LogP contribution in [0.3, 0.4) is 0 Å². The average Bonchev–Trinajstić information content (AvgIpc) is 2.74. The topological polar surface area (TPSA) is 78.9 Å². The van der Waals surface area contributed by atoms with Crippen LogP contribution >= 0.6 is 0 Å². The van der Waals surface area contributed by atoms with Crippen molar-refractivity contribution in [1.82, 2.24) is 0 Å². The second kappa shape index (κ2) is 12.2. The molecule has 0 bridgehead atoms. The number of carbonyl (C=O) groups excluding carboxylic acids is 2. The number of amides is 1. The molecular weight excluding hydrogens is 412 g/mol. The minimum Gasteiger partial charge on any atom is -0.548 e. The first-order valence-corrected chi connectivity index (χ1v) is 10.0. The van der Waals surface area contributed by atoms with Crippen molar-refractivity contribution >= 4 is 23.4 Å². The Bertz CT molecular complexity index is 858. The maximum Gasteiger partial charge on any atom is 1.00 e. The van der Waals surface area contributed by atoms with Crippen molar-refractivity contribution in [1.29, 1.82) is 0 Å². The standard InChI is InChI=1S/C23H26FNO5.Na/c24-18-8-7-11-20(14-18)25(19-9-3-1-4-10-19)22(28)30-17-23(12-5-2-6-13-23)16-29-15-21(26)27;/h1,3-4,7-11,14H,2,5-6,12-13,15-17H2,(H,26,27);/q;+1/p-1. The number of benzene rings is 2. The van der Waals surface area contributed by atoms with Crippen molar-refractivity contribution in [3.63, 3.8) is 0 Å². The van der Waals surface area contributed by atoms with Crippen molar-refractivity contribution in [3.8, 4) is 0 Å². The van der Waals surface area contributed by atoms with E-state index < -0.39 is 29.9 Å². The predicted octanol–water partition coefficient (Wildman–Crippen LogP) is 0.821. The summed E-state index contributed by atoms with van der Waals surface area (Å²) in [5.41, 5.74) is 0.476. The maximum absolute atomic E-state index is 13.8. The number of ether oxygens (including phenoxy) is 2. The van der Waals surface area contributed by atoms with Crippen LogP contribution in [-0.4, -0.2) is 31.9 Å². The first kappa shape index (κ1) is 25.3. The third-order valence-electron chi connectivity index (χ3n) is 5.31. The second-order valence-electron chi connectivity index (χ2n) is 7.63. The summed E-state index contributed by atoms with van der Waals surface area (Å²) in [6, 6.07) is 14.6. The fourth-order valence-corrected chi connectivity index (χ4v) is 3.81. The van der Waals surface area contributed by atoms with E-state index in [-0.39, 0.29) is 42.8 Å². The van der Waals surface area contributed by atoms with E-state index >= 15 is 0 Å². The number of para-hydroxylation sites is 1. The summed E-state index contributed by atoms with van der Waals surface area (Å²) in [5.74, 6) is -1.74. The summed E-state index contributed by atoms with van der Waals surface area (Å²) >= 11 is 0. The van der Waals surface area contributed by atoms with Gasteiger partial charge in [-0.15, -0.1) is 0 Å². The quantitative estimate of drug-likeness (QED) is 0.572. The third-order valence-corrected chi connectivity index (χ3v) is 5.31. The summed E-state index contributed by atoms with van der Waals surface area (Å²) < 4.78 is 24.8. The molecule has 1 aliphatic carbocycles. The molecule has 1 saturated carbocycles. The van der Waals surface area contributed by atoms with Crippen molar-refractivity contribution in [2.24, 2.45) is 5.41 Å². The minimum atomic E-state index is -1.28. The van der Waals surface area contributed by atoms with Gasteiger partial charge in [0.25, 0.3) is 0 Å². The molecule has 2 aromatic carbocycles. The van der Waals surface area contributed by atoms with Crippen LogP contribution < -0.4 is 39.6 Å². The van der Waals surface area contributed by atoms with Crippen molar-refractivity contribution in [2.45, 2.75) is 32.1 Å². The zero-order valence-corrected chi connectivity index (χ0v) is 19.7. The van der Waals surface area contributed by atoms with E-state index in [1.54, 1.807) is 30.3 Å². The van der Waals surface area contributed by atoms with Crippen LogP contribution in [0.4, 0.5) is 20.6 Å². The minimum absolute atomic E-state index is 0. The molecule has 6 nitrogen and oxygen atoms in total. The summed E-state index contributed by atoms with van der Waals surface area (Å²) in [5, 5.41) is 10.7. The largest absolute Gasteiger partial charge is 1.00 e. The number of carboxylic acids is 1. The number of anilines is 2. The SMILES string of the molecule is O=C([O-])COCC1(COC(=O)N(c2ccccc2)c2cccc(F)c2)CCCCC1.[Na+]. The Kier molecular flexibility index (Phi) is 9.96. The van der Waals surface area contributed by atoms with Gasteiger partial charge in [0, 0.05) is 5.41 Å². The molecule has 2 aromatic rings. The number of hydrogen-bond acceptors (Lipinski definition) is 5. The van der Waals surface area contributed by atoms with Crippen LogP contribution in [0.15, 0.2) is 54.6 Å². The Balaban J connectivity index is 0.00000341. The molecule has 0 spiro atoms. The number of carbonyl (C=O) groups is 2. The Morgan fingerprint density at radius 2 is 1.65 bits per heavy atom. The molecule has 0 heterocycles. The molecule has 0 radical (unpaired) electrons. The van der Waals surface area contributed by atoms with Gasteiger partial charge in [0.05, 0.1) is 30.6 Å². The predicted molar refractivity (Wildman–Crippen MR) is 108 cm³/mol. The summed E-state index contributed by atoms with van der Waals surface area (Å²) in [6.07, 6.45) is 3.92. The molecule has 0 aliphatic heterocycles. The van der Waals surface area contributed by atoms with Crippen LogP contribution in [0.5, 0.6) is 0 Å². The molecule has 160 valence electrons. The number of halogens is 1. The van der Waals surface area contributed by atoms with Gasteiger partial charge < -0.3 is 19.4 Å². The number of nitrogens with zero attached hydrogens (tertiary/aromatic N) is 1. The summed E-state index contributed by atoms with van der Waals surface area (Å²) in [7, 11) is 0. The monoisotopic (exact) mass is 437 g/mol. The van der Waals surface area contributed by atoms with Gasteiger partial charge in [-0.1, -0.05) is 43.5 Å². The van der Waals surface area contributed by atoms with E-state index in [2.05, 4.69) is 0 Å². The van der Waals surface area contributed by atoms with E-state index in [9.17, 15) is 19.1 Å². The van der Waals surface area contributed by atoms with Gasteiger partial charge in [0.1, 0.15) is 12.4 Å². The van der Waals surface area contributed by atoms with Crippen molar-refractivity contribution in [2.75, 3.05) is 24.7 Å². The molecule has 31 heavy (non-hydrogen) atoms. The van der Waals surface area contributed by atoms with Crippen molar-refractivity contribution in [3.05, 3.63) is 60.4 Å². The first-order chi connectivity index (χ1) is 14.5. The third kappa shape index (κ3) is 7.31. The maximum atomic E-state index is 13.8. The van der Waals surface area contributed by atoms with Gasteiger partial charge in [0.2, 0.25) is 0 Å². The van der Waals surface area contributed by atoms with Gasteiger partial charge in [-0.25, -0.2) is 14.1 Å². The number of aliphatic carboxylic acids is 1. The Labute approximate surface area is 203 Å². The van der Waals surface area contributed by atoms with E-state index in [1.807, 2.05) is 6.07 Å². The fourth-order valence-electron chi connectivity index (χ4n) is 3.81. The molecular formula is C23H25FNNaO5.